The average Bonchev–Trinajstić information content (AvgIpc) is 3.16. The van der Waals surface area contributed by atoms with Gasteiger partial charge in [0.15, 0.2) is 0 Å². The first-order chi connectivity index (χ1) is 16.9. The van der Waals surface area contributed by atoms with E-state index < -0.39 is 0 Å². The normalized spacial score (nSPS) is 19.9. The lowest BCUT2D eigenvalue weighted by Gasteiger charge is -2.32. The summed E-state index contributed by atoms with van der Waals surface area (Å²) in [4.78, 5) is 29.6. The fourth-order valence-corrected chi connectivity index (χ4v) is 4.71. The molecule has 35 heavy (non-hydrogen) atoms. The van der Waals surface area contributed by atoms with Gasteiger partial charge in [0.2, 0.25) is 0 Å². The van der Waals surface area contributed by atoms with Crippen molar-refractivity contribution in [1.29, 1.82) is 0 Å². The lowest BCUT2D eigenvalue weighted by molar-refractivity contribution is 0.0600. The summed E-state index contributed by atoms with van der Waals surface area (Å²) in [5.74, 6) is 1.27. The molecule has 0 N–H and O–H groups in total. The fourth-order valence-electron chi connectivity index (χ4n) is 4.71. The molecule has 2 aromatic rings. The van der Waals surface area contributed by atoms with Crippen molar-refractivity contribution in [2.45, 2.75) is 46.7 Å². The van der Waals surface area contributed by atoms with Gasteiger partial charge in [0, 0.05) is 48.9 Å². The van der Waals surface area contributed by atoms with Gasteiger partial charge in [0.25, 0.3) is 0 Å². The largest absolute Gasteiger partial charge is 0.465 e. The molecule has 0 atom stereocenters. The third-order valence-electron chi connectivity index (χ3n) is 6.89. The minimum absolute atomic E-state index is 0.135. The molecule has 0 radical (unpaired) electrons. The van der Waals surface area contributed by atoms with Gasteiger partial charge in [0.1, 0.15) is 12.2 Å². The summed E-state index contributed by atoms with van der Waals surface area (Å²) in [6, 6.07) is 7.56. The Bertz CT molecular complexity index is 1100. The summed E-state index contributed by atoms with van der Waals surface area (Å²) in [6.45, 7) is 10.4. The Kier molecular flexibility index (Phi) is 7.76. The number of ether oxygens (including phenoxy) is 1. The van der Waals surface area contributed by atoms with Gasteiger partial charge in [-0.1, -0.05) is 23.8 Å². The topological polar surface area (TPSA) is 70.9 Å². The highest BCUT2D eigenvalue weighted by Gasteiger charge is 2.31. The van der Waals surface area contributed by atoms with Crippen LogP contribution < -0.4 is 0 Å². The van der Waals surface area contributed by atoms with Crippen LogP contribution in [0.3, 0.4) is 0 Å². The van der Waals surface area contributed by atoms with Crippen LogP contribution in [0.15, 0.2) is 72.0 Å². The van der Waals surface area contributed by atoms with Crippen molar-refractivity contribution in [3.63, 3.8) is 0 Å². The van der Waals surface area contributed by atoms with Crippen LogP contribution in [-0.4, -0.2) is 51.8 Å². The van der Waals surface area contributed by atoms with E-state index in [-0.39, 0.29) is 11.4 Å². The van der Waals surface area contributed by atoms with Crippen LogP contribution in [0, 0.1) is 11.3 Å². The van der Waals surface area contributed by atoms with E-state index in [1.54, 1.807) is 6.33 Å². The second-order valence-corrected chi connectivity index (χ2v) is 9.98. The maximum absolute atomic E-state index is 11.7. The number of piperidine rings is 1. The zero-order valence-electron chi connectivity index (χ0n) is 21.1. The summed E-state index contributed by atoms with van der Waals surface area (Å²) in [7, 11) is 1.40. The number of hydrogen-bond acceptors (Lipinski definition) is 6. The van der Waals surface area contributed by atoms with Gasteiger partial charge >= 0.3 is 5.97 Å². The summed E-state index contributed by atoms with van der Waals surface area (Å²) in [5, 5.41) is 0. The molecule has 0 saturated carbocycles. The van der Waals surface area contributed by atoms with Gasteiger partial charge in [-0.05, 0) is 70.3 Å². The number of nitrogens with zero attached hydrogens (tertiary/aromatic N) is 5. The van der Waals surface area contributed by atoms with E-state index in [1.807, 2.05) is 36.7 Å². The van der Waals surface area contributed by atoms with Crippen molar-refractivity contribution in [2.75, 3.05) is 20.2 Å². The number of esters is 1. The van der Waals surface area contributed by atoms with Crippen LogP contribution in [0.5, 0.6) is 0 Å². The van der Waals surface area contributed by atoms with Gasteiger partial charge < -0.3 is 9.64 Å². The lowest BCUT2D eigenvalue weighted by Crippen LogP contribution is -2.33. The molecule has 0 spiro atoms. The van der Waals surface area contributed by atoms with Crippen LogP contribution in [0.1, 0.15) is 55.1 Å². The second kappa shape index (κ2) is 11.0. The standard InChI is InChI=1S/C28H35N5O2/c1-21(24-9-12-32(13-10-24)18-23-16-29-20-30-17-23)15-31-27-28(2,3)11-14-33(27)19-22-5-7-25(8-6-22)26(34)35-4/h5-8,11,14-17,20,24H,9-10,12-13,18-19H2,1-4H3. The van der Waals surface area contributed by atoms with Crippen molar-refractivity contribution < 1.29 is 9.53 Å². The minimum Gasteiger partial charge on any atom is -0.465 e. The van der Waals surface area contributed by atoms with Gasteiger partial charge in [-0.3, -0.25) is 4.90 Å². The molecular formula is C28H35N5O2. The van der Waals surface area contributed by atoms with Crippen molar-refractivity contribution in [3.8, 4) is 0 Å². The Balaban J connectivity index is 1.38. The number of aliphatic imine (C=N–C) groups is 1. The number of rotatable bonds is 7. The van der Waals surface area contributed by atoms with Crippen molar-refractivity contribution in [1.82, 2.24) is 19.8 Å². The van der Waals surface area contributed by atoms with Crippen LogP contribution in [0.2, 0.25) is 0 Å². The quantitative estimate of drug-likeness (QED) is 0.536. The molecule has 1 fully saturated rings. The third kappa shape index (κ3) is 6.22. The Labute approximate surface area is 208 Å². The molecule has 0 aliphatic carbocycles. The molecule has 1 aromatic heterocycles. The fraction of sp³-hybridized carbons (Fsp3) is 0.429. The van der Waals surface area contributed by atoms with E-state index in [4.69, 9.17) is 9.73 Å². The highest BCUT2D eigenvalue weighted by molar-refractivity contribution is 5.93. The maximum Gasteiger partial charge on any atom is 0.337 e. The van der Waals surface area contributed by atoms with Crippen LogP contribution in [-0.2, 0) is 17.8 Å². The molecule has 0 unspecified atom stereocenters. The monoisotopic (exact) mass is 473 g/mol. The molecule has 7 heteroatoms. The number of benzene rings is 1. The zero-order valence-corrected chi connectivity index (χ0v) is 21.1. The number of carbonyl (C=O) groups excluding carboxylic acids is 1. The van der Waals surface area contributed by atoms with E-state index in [1.165, 1.54) is 18.2 Å². The molecular weight excluding hydrogens is 438 g/mol. The van der Waals surface area contributed by atoms with E-state index in [0.29, 0.717) is 18.0 Å². The lowest BCUT2D eigenvalue weighted by atomic mass is 9.90. The van der Waals surface area contributed by atoms with E-state index in [9.17, 15) is 4.79 Å². The average molecular weight is 474 g/mol. The van der Waals surface area contributed by atoms with E-state index in [2.05, 4.69) is 59.0 Å². The van der Waals surface area contributed by atoms with Gasteiger partial charge in [0.05, 0.1) is 12.7 Å². The number of aromatic nitrogens is 2. The number of amidine groups is 1. The first kappa shape index (κ1) is 24.8. The maximum atomic E-state index is 11.7. The number of methoxy groups -OCH3 is 1. The molecule has 2 aliphatic rings. The predicted octanol–water partition coefficient (Wildman–Crippen LogP) is 4.83. The smallest absolute Gasteiger partial charge is 0.337 e. The van der Waals surface area contributed by atoms with Crippen LogP contribution in [0.4, 0.5) is 0 Å². The van der Waals surface area contributed by atoms with Crippen LogP contribution in [0.25, 0.3) is 0 Å². The minimum atomic E-state index is -0.318. The first-order valence-electron chi connectivity index (χ1n) is 12.2. The van der Waals surface area contributed by atoms with Crippen molar-refractivity contribution >= 4 is 11.8 Å². The Hall–Kier alpha value is -3.32. The van der Waals surface area contributed by atoms with E-state index in [0.717, 1.165) is 43.9 Å². The third-order valence-corrected chi connectivity index (χ3v) is 6.89. The second-order valence-electron chi connectivity index (χ2n) is 9.98. The van der Waals surface area contributed by atoms with Crippen molar-refractivity contribution in [2.24, 2.45) is 16.3 Å². The summed E-state index contributed by atoms with van der Waals surface area (Å²) in [6.07, 6.45) is 14.0. The molecule has 184 valence electrons. The molecule has 0 amide bonds. The zero-order chi connectivity index (χ0) is 24.8. The summed E-state index contributed by atoms with van der Waals surface area (Å²) < 4.78 is 4.80. The number of allylic oxidation sites excluding steroid dienone is 1. The molecule has 2 aliphatic heterocycles. The Morgan fingerprint density at radius 2 is 1.80 bits per heavy atom. The summed E-state index contributed by atoms with van der Waals surface area (Å²) in [5.41, 5.74) is 4.05. The molecule has 7 nitrogen and oxygen atoms in total. The van der Waals surface area contributed by atoms with Gasteiger partial charge in [-0.15, -0.1) is 0 Å². The molecule has 0 bridgehead atoms. The Morgan fingerprint density at radius 3 is 2.46 bits per heavy atom. The molecule has 1 aromatic carbocycles. The highest BCUT2D eigenvalue weighted by atomic mass is 16.5. The SMILES string of the molecule is COC(=O)c1ccc(CN2C=CC(C)(C)C2=NC=C(C)C2CCN(Cc3cncnc3)CC2)cc1. The number of likely N-dealkylation sites (tertiary alicyclic amines) is 1. The Morgan fingerprint density at radius 1 is 1.11 bits per heavy atom. The summed E-state index contributed by atoms with van der Waals surface area (Å²) >= 11 is 0. The molecule has 4 rings (SSSR count). The van der Waals surface area contributed by atoms with Gasteiger partial charge in [-0.25, -0.2) is 19.8 Å². The van der Waals surface area contributed by atoms with E-state index >= 15 is 0 Å². The predicted molar refractivity (Wildman–Crippen MR) is 137 cm³/mol. The highest BCUT2D eigenvalue weighted by Crippen LogP contribution is 2.31. The number of carbonyl (C=O) groups is 1. The molecule has 3 heterocycles. The number of hydrogen-bond donors (Lipinski definition) is 0. The first-order valence-corrected chi connectivity index (χ1v) is 12.2. The van der Waals surface area contributed by atoms with Crippen LogP contribution >= 0.6 is 0 Å². The van der Waals surface area contributed by atoms with Crippen molar-refractivity contribution in [3.05, 3.63) is 83.7 Å². The molecule has 1 saturated heterocycles. The van der Waals surface area contributed by atoms with Gasteiger partial charge in [-0.2, -0.15) is 0 Å².